The molecule has 3 rings (SSSR count). The van der Waals surface area contributed by atoms with Gasteiger partial charge in [-0.15, -0.1) is 0 Å². The summed E-state index contributed by atoms with van der Waals surface area (Å²) < 4.78 is 6.41. The number of amides is 1. The monoisotopic (exact) mass is 348 g/mol. The number of hydrogen-bond donors (Lipinski definition) is 1. The average molecular weight is 349 g/mol. The van der Waals surface area contributed by atoms with Crippen molar-refractivity contribution < 1.29 is 9.21 Å². The summed E-state index contributed by atoms with van der Waals surface area (Å²) in [6.45, 7) is 2.90. The van der Waals surface area contributed by atoms with Gasteiger partial charge >= 0.3 is 0 Å². The van der Waals surface area contributed by atoms with E-state index in [0.29, 0.717) is 6.42 Å². The third-order valence-corrected chi connectivity index (χ3v) is 4.23. The van der Waals surface area contributed by atoms with Gasteiger partial charge in [-0.2, -0.15) is 0 Å². The van der Waals surface area contributed by atoms with Crippen molar-refractivity contribution in [3.05, 3.63) is 51.9 Å². The van der Waals surface area contributed by atoms with E-state index in [1.165, 1.54) is 0 Å². The van der Waals surface area contributed by atoms with Crippen molar-refractivity contribution in [1.82, 2.24) is 5.32 Å². The summed E-state index contributed by atoms with van der Waals surface area (Å²) in [5, 5.41) is 3.43. The molecule has 1 atom stereocenters. The number of nitrogens with one attached hydrogen (secondary N) is 1. The number of fused-ring (bicyclic) bond motifs is 1. The Balaban J connectivity index is 1.98. The van der Waals surface area contributed by atoms with Gasteiger partial charge in [0.1, 0.15) is 5.76 Å². The van der Waals surface area contributed by atoms with Crippen LogP contribution in [0.1, 0.15) is 29.9 Å². The molecule has 0 saturated heterocycles. The van der Waals surface area contributed by atoms with Crippen LogP contribution in [0.25, 0.3) is 0 Å². The van der Waals surface area contributed by atoms with Crippen molar-refractivity contribution in [2.24, 2.45) is 0 Å². The largest absolute Gasteiger partial charge is 0.452 e. The van der Waals surface area contributed by atoms with E-state index in [4.69, 9.17) is 4.42 Å². The number of rotatable bonds is 4. The zero-order valence-electron chi connectivity index (χ0n) is 12.0. The molecule has 5 heteroatoms. The zero-order valence-corrected chi connectivity index (χ0v) is 13.6. The van der Waals surface area contributed by atoms with Gasteiger partial charge in [0.05, 0.1) is 12.5 Å². The smallest absolute Gasteiger partial charge is 0.231 e. The van der Waals surface area contributed by atoms with Crippen molar-refractivity contribution >= 4 is 27.5 Å². The normalized spacial score (nSPS) is 15.4. The minimum absolute atomic E-state index is 0.00684. The van der Waals surface area contributed by atoms with Gasteiger partial charge in [-0.3, -0.25) is 4.79 Å². The topological polar surface area (TPSA) is 45.5 Å². The van der Waals surface area contributed by atoms with Crippen LogP contribution in [0.2, 0.25) is 0 Å². The number of nitrogens with zero attached hydrogens (tertiary/aromatic N) is 1. The van der Waals surface area contributed by atoms with Crippen LogP contribution in [0.4, 0.5) is 5.69 Å². The van der Waals surface area contributed by atoms with E-state index < -0.39 is 0 Å². The van der Waals surface area contributed by atoms with E-state index in [0.717, 1.165) is 33.8 Å². The Morgan fingerprint density at radius 1 is 1.38 bits per heavy atom. The molecule has 0 bridgehead atoms. The van der Waals surface area contributed by atoms with Crippen LogP contribution in [-0.4, -0.2) is 19.5 Å². The van der Waals surface area contributed by atoms with Gasteiger partial charge in [-0.1, -0.05) is 19.1 Å². The molecule has 1 N–H and O–H groups in total. The lowest BCUT2D eigenvalue weighted by atomic mass is 10.0. The van der Waals surface area contributed by atoms with E-state index in [2.05, 4.69) is 40.3 Å². The third kappa shape index (κ3) is 2.63. The van der Waals surface area contributed by atoms with Gasteiger partial charge in [0, 0.05) is 12.7 Å². The summed E-state index contributed by atoms with van der Waals surface area (Å²) in [7, 11) is 1.82. The number of carbonyl (C=O) groups is 1. The maximum Gasteiger partial charge on any atom is 0.231 e. The molecule has 0 fully saturated rings. The van der Waals surface area contributed by atoms with Crippen molar-refractivity contribution in [1.29, 1.82) is 0 Å². The first-order valence-electron chi connectivity index (χ1n) is 6.98. The van der Waals surface area contributed by atoms with Crippen LogP contribution in [-0.2, 0) is 11.2 Å². The lowest BCUT2D eigenvalue weighted by Gasteiger charge is -2.17. The van der Waals surface area contributed by atoms with Crippen molar-refractivity contribution in [3.63, 3.8) is 0 Å². The highest BCUT2D eigenvalue weighted by Crippen LogP contribution is 2.33. The summed E-state index contributed by atoms with van der Waals surface area (Å²) in [6, 6.07) is 10.0. The standard InChI is InChI=1S/C16H17BrN2O2/c1-3-18-16(13-6-7-14(17)21-13)10-4-5-12-11(8-10)9-15(20)19(12)2/h4-8,16,18H,3,9H2,1-2H3. The van der Waals surface area contributed by atoms with Crippen molar-refractivity contribution in [3.8, 4) is 0 Å². The van der Waals surface area contributed by atoms with Crippen molar-refractivity contribution in [2.75, 3.05) is 18.5 Å². The van der Waals surface area contributed by atoms with Gasteiger partial charge in [-0.25, -0.2) is 0 Å². The molecule has 0 saturated carbocycles. The predicted molar refractivity (Wildman–Crippen MR) is 85.5 cm³/mol. The predicted octanol–water partition coefficient (Wildman–Crippen LogP) is 3.26. The van der Waals surface area contributed by atoms with E-state index in [1.807, 2.05) is 25.2 Å². The van der Waals surface area contributed by atoms with Crippen LogP contribution in [0.3, 0.4) is 0 Å². The summed E-state index contributed by atoms with van der Waals surface area (Å²) in [6.07, 6.45) is 0.473. The highest BCUT2D eigenvalue weighted by atomic mass is 79.9. The molecule has 2 aromatic rings. The Morgan fingerprint density at radius 3 is 2.86 bits per heavy atom. The summed E-state index contributed by atoms with van der Waals surface area (Å²) in [5.74, 6) is 1.00. The maximum atomic E-state index is 11.8. The van der Waals surface area contributed by atoms with Gasteiger partial charge in [0.25, 0.3) is 0 Å². The first-order valence-corrected chi connectivity index (χ1v) is 7.77. The highest BCUT2D eigenvalue weighted by molar-refractivity contribution is 9.10. The molecule has 1 aliphatic heterocycles. The Labute approximate surface area is 132 Å². The summed E-state index contributed by atoms with van der Waals surface area (Å²) >= 11 is 3.34. The van der Waals surface area contributed by atoms with Gasteiger partial charge in [0.2, 0.25) is 5.91 Å². The maximum absolute atomic E-state index is 11.8. The molecule has 0 aliphatic carbocycles. The van der Waals surface area contributed by atoms with Gasteiger partial charge < -0.3 is 14.6 Å². The van der Waals surface area contributed by atoms with Gasteiger partial charge in [-0.05, 0) is 51.8 Å². The SMILES string of the molecule is CCNC(c1ccc2c(c1)CC(=O)N2C)c1ccc(Br)o1. The first kappa shape index (κ1) is 14.4. The number of halogens is 1. The van der Waals surface area contributed by atoms with E-state index in [1.54, 1.807) is 4.90 Å². The summed E-state index contributed by atoms with van der Waals surface area (Å²) in [4.78, 5) is 13.5. The number of carbonyl (C=O) groups excluding carboxylic acids is 1. The number of likely N-dealkylation sites (N-methyl/N-ethyl adjacent to an activating group) is 1. The number of benzene rings is 1. The van der Waals surface area contributed by atoms with Gasteiger partial charge in [0.15, 0.2) is 4.67 Å². The second-order valence-corrected chi connectivity index (χ2v) is 5.93. The molecule has 1 aromatic heterocycles. The first-order chi connectivity index (χ1) is 10.1. The van der Waals surface area contributed by atoms with Crippen LogP contribution in [0, 0.1) is 0 Å². The molecule has 4 nitrogen and oxygen atoms in total. The second kappa shape index (κ2) is 5.66. The molecular weight excluding hydrogens is 332 g/mol. The highest BCUT2D eigenvalue weighted by Gasteiger charge is 2.26. The second-order valence-electron chi connectivity index (χ2n) is 5.15. The van der Waals surface area contributed by atoms with Crippen LogP contribution >= 0.6 is 15.9 Å². The Hall–Kier alpha value is -1.59. The molecule has 0 radical (unpaired) electrons. The third-order valence-electron chi connectivity index (χ3n) is 3.80. The van der Waals surface area contributed by atoms with Crippen molar-refractivity contribution in [2.45, 2.75) is 19.4 Å². The fourth-order valence-corrected chi connectivity index (χ4v) is 3.06. The average Bonchev–Trinajstić information content (AvgIpc) is 3.01. The zero-order chi connectivity index (χ0) is 15.0. The van der Waals surface area contributed by atoms with Crippen LogP contribution in [0.15, 0.2) is 39.4 Å². The molecule has 1 aliphatic rings. The Bertz CT molecular complexity index is 681. The minimum atomic E-state index is -0.00684. The molecule has 21 heavy (non-hydrogen) atoms. The Kier molecular flexibility index (Phi) is 3.87. The van der Waals surface area contributed by atoms with Crippen LogP contribution < -0.4 is 10.2 Å². The molecule has 110 valence electrons. The quantitative estimate of drug-likeness (QED) is 0.922. The minimum Gasteiger partial charge on any atom is -0.452 e. The molecule has 2 heterocycles. The molecule has 0 spiro atoms. The van der Waals surface area contributed by atoms with E-state index in [9.17, 15) is 4.79 Å². The number of furan rings is 1. The summed E-state index contributed by atoms with van der Waals surface area (Å²) in [5.41, 5.74) is 3.19. The molecular formula is C16H17BrN2O2. The lowest BCUT2D eigenvalue weighted by molar-refractivity contribution is -0.117. The number of hydrogen-bond acceptors (Lipinski definition) is 3. The molecule has 1 aromatic carbocycles. The Morgan fingerprint density at radius 2 is 2.19 bits per heavy atom. The van der Waals surface area contributed by atoms with Crippen LogP contribution in [0.5, 0.6) is 0 Å². The molecule has 1 unspecified atom stereocenters. The fourth-order valence-electron chi connectivity index (χ4n) is 2.74. The number of anilines is 1. The van der Waals surface area contributed by atoms with E-state index in [-0.39, 0.29) is 11.9 Å². The lowest BCUT2D eigenvalue weighted by Crippen LogP contribution is -2.21. The molecule has 1 amide bonds. The van der Waals surface area contributed by atoms with E-state index >= 15 is 0 Å². The fraction of sp³-hybridized carbons (Fsp3) is 0.312.